The molecule has 0 N–H and O–H groups in total. The molecule has 1 aliphatic heterocycles. The summed E-state index contributed by atoms with van der Waals surface area (Å²) in [6.07, 6.45) is 3.66. The van der Waals surface area contributed by atoms with Crippen LogP contribution in [0, 0.1) is 0 Å². The Bertz CT molecular complexity index is 1150. The molecule has 5 rings (SSSR count). The van der Waals surface area contributed by atoms with E-state index < -0.39 is 0 Å². The van der Waals surface area contributed by atoms with Crippen LogP contribution in [0.15, 0.2) is 65.3 Å². The van der Waals surface area contributed by atoms with E-state index in [9.17, 15) is 4.79 Å². The highest BCUT2D eigenvalue weighted by Gasteiger charge is 2.35. The second kappa shape index (κ2) is 6.64. The predicted octanol–water partition coefficient (Wildman–Crippen LogP) is 4.21. The quantitative estimate of drug-likeness (QED) is 0.540. The molecule has 3 heterocycles. The Balaban J connectivity index is 1.47. The van der Waals surface area contributed by atoms with Crippen LogP contribution in [0.4, 0.5) is 0 Å². The molecule has 1 aliphatic rings. The van der Waals surface area contributed by atoms with Gasteiger partial charge < -0.3 is 14.0 Å². The molecule has 0 saturated carbocycles. The lowest BCUT2D eigenvalue weighted by Gasteiger charge is -2.21. The molecule has 0 bridgehead atoms. The summed E-state index contributed by atoms with van der Waals surface area (Å²) in [7, 11) is 1.96. The summed E-state index contributed by atoms with van der Waals surface area (Å²) in [6.45, 7) is 0.690. The monoisotopic (exact) mass is 372 g/mol. The van der Waals surface area contributed by atoms with Gasteiger partial charge in [-0.2, -0.15) is 4.98 Å². The summed E-state index contributed by atoms with van der Waals surface area (Å²) in [5, 5.41) is 5.09. The molecule has 0 spiro atoms. The topological polar surface area (TPSA) is 64.2 Å². The molecule has 2 aromatic heterocycles. The highest BCUT2D eigenvalue weighted by atomic mass is 16.5. The van der Waals surface area contributed by atoms with Gasteiger partial charge >= 0.3 is 0 Å². The molecule has 1 amide bonds. The van der Waals surface area contributed by atoms with Gasteiger partial charge in [0.05, 0.1) is 5.56 Å². The fraction of sp³-hybridized carbons (Fsp3) is 0.227. The number of aryl methyl sites for hydroxylation is 1. The van der Waals surface area contributed by atoms with Crippen molar-refractivity contribution in [3.8, 4) is 11.4 Å². The van der Waals surface area contributed by atoms with Crippen molar-refractivity contribution in [2.24, 2.45) is 7.05 Å². The van der Waals surface area contributed by atoms with Gasteiger partial charge in [-0.25, -0.2) is 0 Å². The van der Waals surface area contributed by atoms with Crippen LogP contribution in [0.1, 0.15) is 35.1 Å². The molecule has 1 saturated heterocycles. The second-order valence-corrected chi connectivity index (χ2v) is 7.15. The maximum Gasteiger partial charge on any atom is 0.256 e. The molecule has 6 nitrogen and oxygen atoms in total. The lowest BCUT2D eigenvalue weighted by Crippen LogP contribution is -2.30. The van der Waals surface area contributed by atoms with E-state index in [1.165, 1.54) is 0 Å². The van der Waals surface area contributed by atoms with Crippen molar-refractivity contribution in [1.82, 2.24) is 19.6 Å². The maximum atomic E-state index is 13.4. The molecule has 2 aromatic carbocycles. The molecule has 1 fully saturated rings. The van der Waals surface area contributed by atoms with Gasteiger partial charge in [0.2, 0.25) is 11.7 Å². The van der Waals surface area contributed by atoms with Gasteiger partial charge in [0.25, 0.3) is 5.91 Å². The Kier molecular flexibility index (Phi) is 3.97. The third-order valence-electron chi connectivity index (χ3n) is 5.40. The van der Waals surface area contributed by atoms with Crippen molar-refractivity contribution in [2.75, 3.05) is 6.54 Å². The maximum absolute atomic E-state index is 13.4. The molecule has 0 radical (unpaired) electrons. The zero-order chi connectivity index (χ0) is 19.1. The van der Waals surface area contributed by atoms with E-state index in [2.05, 4.69) is 10.1 Å². The Morgan fingerprint density at radius 3 is 2.75 bits per heavy atom. The van der Waals surface area contributed by atoms with Crippen molar-refractivity contribution < 1.29 is 9.32 Å². The lowest BCUT2D eigenvalue weighted by atomic mass is 10.1. The van der Waals surface area contributed by atoms with Crippen molar-refractivity contribution in [2.45, 2.75) is 18.9 Å². The predicted molar refractivity (Wildman–Crippen MR) is 106 cm³/mol. The number of amides is 1. The Morgan fingerprint density at radius 2 is 1.89 bits per heavy atom. The van der Waals surface area contributed by atoms with E-state index in [4.69, 9.17) is 4.52 Å². The number of hydrogen-bond donors (Lipinski definition) is 0. The highest BCUT2D eigenvalue weighted by Crippen LogP contribution is 2.34. The Labute approximate surface area is 162 Å². The fourth-order valence-corrected chi connectivity index (χ4v) is 4.01. The minimum absolute atomic E-state index is 0.0127. The highest BCUT2D eigenvalue weighted by molar-refractivity contribution is 6.07. The molecule has 28 heavy (non-hydrogen) atoms. The van der Waals surface area contributed by atoms with Crippen LogP contribution >= 0.6 is 0 Å². The Morgan fingerprint density at radius 1 is 1.11 bits per heavy atom. The smallest absolute Gasteiger partial charge is 0.256 e. The molecule has 0 aliphatic carbocycles. The van der Waals surface area contributed by atoms with Gasteiger partial charge in [0, 0.05) is 36.3 Å². The van der Waals surface area contributed by atoms with Gasteiger partial charge in [-0.15, -0.1) is 0 Å². The van der Waals surface area contributed by atoms with Crippen LogP contribution in [0.3, 0.4) is 0 Å². The van der Waals surface area contributed by atoms with Crippen molar-refractivity contribution in [3.05, 3.63) is 72.2 Å². The normalized spacial score (nSPS) is 16.8. The summed E-state index contributed by atoms with van der Waals surface area (Å²) in [5.41, 5.74) is 2.67. The van der Waals surface area contributed by atoms with Crippen molar-refractivity contribution in [3.63, 3.8) is 0 Å². The van der Waals surface area contributed by atoms with Crippen LogP contribution in [0.25, 0.3) is 22.3 Å². The molecule has 1 unspecified atom stereocenters. The molecule has 1 atom stereocenters. The van der Waals surface area contributed by atoms with Crippen LogP contribution < -0.4 is 0 Å². The molecular weight excluding hydrogens is 352 g/mol. The zero-order valence-electron chi connectivity index (χ0n) is 15.6. The van der Waals surface area contributed by atoms with E-state index in [1.54, 1.807) is 0 Å². The zero-order valence-corrected chi connectivity index (χ0v) is 15.6. The summed E-state index contributed by atoms with van der Waals surface area (Å²) in [5.74, 6) is 1.07. The standard InChI is InChI=1S/C22H20N4O2/c1-25-14-17(16-10-5-6-11-18(16)25)22(27)26-13-7-12-19(26)21-23-20(24-28-21)15-8-3-2-4-9-15/h2-6,8-11,14,19H,7,12-13H2,1H3. The molecule has 4 aromatic rings. The minimum atomic E-state index is -0.184. The van der Waals surface area contributed by atoms with Gasteiger partial charge in [0.1, 0.15) is 6.04 Å². The summed E-state index contributed by atoms with van der Waals surface area (Å²) in [4.78, 5) is 19.8. The van der Waals surface area contributed by atoms with Gasteiger partial charge in [-0.05, 0) is 18.9 Å². The molecule has 6 heteroatoms. The van der Waals surface area contributed by atoms with Crippen molar-refractivity contribution >= 4 is 16.8 Å². The molecule has 140 valence electrons. The van der Waals surface area contributed by atoms with Crippen LogP contribution in [0.2, 0.25) is 0 Å². The number of hydrogen-bond acceptors (Lipinski definition) is 4. The third-order valence-corrected chi connectivity index (χ3v) is 5.40. The second-order valence-electron chi connectivity index (χ2n) is 7.15. The number of nitrogens with zero attached hydrogens (tertiary/aromatic N) is 4. The number of para-hydroxylation sites is 1. The number of carbonyl (C=O) groups excluding carboxylic acids is 1. The summed E-state index contributed by atoms with van der Waals surface area (Å²) >= 11 is 0. The minimum Gasteiger partial charge on any atom is -0.350 e. The number of likely N-dealkylation sites (tertiary alicyclic amines) is 1. The van der Waals surface area contributed by atoms with Gasteiger partial charge in [-0.1, -0.05) is 53.7 Å². The largest absolute Gasteiger partial charge is 0.350 e. The van der Waals surface area contributed by atoms with Crippen LogP contribution in [-0.4, -0.2) is 32.1 Å². The van der Waals surface area contributed by atoms with E-state index in [1.807, 2.05) is 77.3 Å². The lowest BCUT2D eigenvalue weighted by molar-refractivity contribution is 0.0712. The summed E-state index contributed by atoms with van der Waals surface area (Å²) < 4.78 is 7.55. The fourth-order valence-electron chi connectivity index (χ4n) is 4.01. The van der Waals surface area contributed by atoms with Gasteiger partial charge in [-0.3, -0.25) is 4.79 Å². The first kappa shape index (κ1) is 16.7. The molecular formula is C22H20N4O2. The van der Waals surface area contributed by atoms with Crippen molar-refractivity contribution in [1.29, 1.82) is 0 Å². The number of benzene rings is 2. The van der Waals surface area contributed by atoms with Crippen LogP contribution in [-0.2, 0) is 7.05 Å². The number of rotatable bonds is 3. The number of fused-ring (bicyclic) bond motifs is 1. The average Bonchev–Trinajstić information content (AvgIpc) is 3.47. The van der Waals surface area contributed by atoms with Gasteiger partial charge in [0.15, 0.2) is 0 Å². The Hall–Kier alpha value is -3.41. The average molecular weight is 372 g/mol. The first-order valence-electron chi connectivity index (χ1n) is 9.46. The van der Waals surface area contributed by atoms with E-state index in [0.29, 0.717) is 23.8 Å². The number of carbonyl (C=O) groups is 1. The van der Waals surface area contributed by atoms with E-state index in [0.717, 1.165) is 29.3 Å². The SMILES string of the molecule is Cn1cc(C(=O)N2CCCC2c2nc(-c3ccccc3)no2)c2ccccc21. The van der Waals surface area contributed by atoms with E-state index >= 15 is 0 Å². The van der Waals surface area contributed by atoms with E-state index in [-0.39, 0.29) is 11.9 Å². The first-order valence-corrected chi connectivity index (χ1v) is 9.46. The third kappa shape index (κ3) is 2.69. The first-order chi connectivity index (χ1) is 13.7. The summed E-state index contributed by atoms with van der Waals surface area (Å²) in [6, 6.07) is 17.5. The number of aromatic nitrogens is 3. The van der Waals surface area contributed by atoms with Crippen LogP contribution in [0.5, 0.6) is 0 Å².